The van der Waals surface area contributed by atoms with Crippen LogP contribution in [0.1, 0.15) is 22.3 Å². The normalized spacial score (nSPS) is 10.9. The maximum Gasteiger partial charge on any atom is 0.278 e. The van der Waals surface area contributed by atoms with E-state index in [9.17, 15) is 10.1 Å². The first-order chi connectivity index (χ1) is 12.8. The van der Waals surface area contributed by atoms with Crippen LogP contribution in [-0.4, -0.2) is 14.7 Å². The number of aromatic nitrogens is 2. The lowest BCUT2D eigenvalue weighted by Crippen LogP contribution is -2.03. The third-order valence-corrected chi connectivity index (χ3v) is 5.06. The van der Waals surface area contributed by atoms with E-state index in [-0.39, 0.29) is 17.2 Å². The quantitative estimate of drug-likeness (QED) is 0.449. The van der Waals surface area contributed by atoms with Gasteiger partial charge in [0.1, 0.15) is 17.5 Å². The third kappa shape index (κ3) is 3.66. The van der Waals surface area contributed by atoms with E-state index in [2.05, 4.69) is 5.10 Å². The van der Waals surface area contributed by atoms with Crippen LogP contribution in [0.25, 0.3) is 11.3 Å². The van der Waals surface area contributed by atoms with Gasteiger partial charge < -0.3 is 4.74 Å². The predicted octanol–water partition coefficient (Wildman–Crippen LogP) is 5.15. The molecule has 0 aliphatic carbocycles. The van der Waals surface area contributed by atoms with E-state index in [1.807, 2.05) is 32.0 Å². The molecule has 140 valence electrons. The predicted molar refractivity (Wildman–Crippen MR) is 105 cm³/mol. The molecular formula is C20H20ClN3O3. The Labute approximate surface area is 162 Å². The molecule has 2 aromatic carbocycles. The zero-order chi connectivity index (χ0) is 19.7. The van der Waals surface area contributed by atoms with Crippen LogP contribution >= 0.6 is 11.6 Å². The summed E-state index contributed by atoms with van der Waals surface area (Å²) >= 11 is 6.21. The van der Waals surface area contributed by atoms with Gasteiger partial charge in [-0.1, -0.05) is 23.7 Å². The standard InChI is InChI=1S/C20H20ClN3O3/c1-12-6-5-7-16(19(12)24(25)26)11-27-17-9-8-15(10-13(17)2)18-14(3)20(21)23(4)22-18/h5-10H,11H2,1-4H3. The highest BCUT2D eigenvalue weighted by atomic mass is 35.5. The lowest BCUT2D eigenvalue weighted by Gasteiger charge is -2.11. The van der Waals surface area contributed by atoms with Gasteiger partial charge in [0.2, 0.25) is 0 Å². The number of aryl methyl sites for hydroxylation is 3. The van der Waals surface area contributed by atoms with E-state index in [1.165, 1.54) is 0 Å². The summed E-state index contributed by atoms with van der Waals surface area (Å²) in [6, 6.07) is 11.0. The number of para-hydroxylation sites is 1. The van der Waals surface area contributed by atoms with E-state index in [1.54, 1.807) is 36.9 Å². The van der Waals surface area contributed by atoms with Gasteiger partial charge in [0.05, 0.1) is 16.2 Å². The fraction of sp³-hybridized carbons (Fsp3) is 0.250. The van der Waals surface area contributed by atoms with Crippen molar-refractivity contribution in [2.45, 2.75) is 27.4 Å². The average molecular weight is 386 g/mol. The Morgan fingerprint density at radius 3 is 2.52 bits per heavy atom. The lowest BCUT2D eigenvalue weighted by molar-refractivity contribution is -0.386. The number of halogens is 1. The summed E-state index contributed by atoms with van der Waals surface area (Å²) in [5, 5.41) is 16.4. The monoisotopic (exact) mass is 385 g/mol. The van der Waals surface area contributed by atoms with Crippen molar-refractivity contribution in [1.29, 1.82) is 0 Å². The number of nitro benzene ring substituents is 1. The van der Waals surface area contributed by atoms with Crippen molar-refractivity contribution >= 4 is 17.3 Å². The van der Waals surface area contributed by atoms with Crippen molar-refractivity contribution in [3.63, 3.8) is 0 Å². The Kier molecular flexibility index (Phi) is 5.19. The molecule has 0 aliphatic rings. The summed E-state index contributed by atoms with van der Waals surface area (Å²) in [7, 11) is 1.80. The van der Waals surface area contributed by atoms with Gasteiger partial charge in [0.25, 0.3) is 5.69 Å². The van der Waals surface area contributed by atoms with Crippen molar-refractivity contribution in [3.05, 3.63) is 73.9 Å². The second-order valence-corrected chi connectivity index (χ2v) is 6.85. The maximum atomic E-state index is 11.3. The second-order valence-electron chi connectivity index (χ2n) is 6.50. The van der Waals surface area contributed by atoms with Gasteiger partial charge in [-0.2, -0.15) is 5.10 Å². The Hall–Kier alpha value is -2.86. The van der Waals surface area contributed by atoms with Crippen LogP contribution in [-0.2, 0) is 13.7 Å². The molecule has 7 heteroatoms. The highest BCUT2D eigenvalue weighted by molar-refractivity contribution is 6.30. The molecule has 6 nitrogen and oxygen atoms in total. The highest BCUT2D eigenvalue weighted by Crippen LogP contribution is 2.31. The van der Waals surface area contributed by atoms with E-state index in [4.69, 9.17) is 16.3 Å². The minimum Gasteiger partial charge on any atom is -0.488 e. The first-order valence-corrected chi connectivity index (χ1v) is 8.83. The number of nitrogens with zero attached hydrogens (tertiary/aromatic N) is 3. The zero-order valence-electron chi connectivity index (χ0n) is 15.6. The Morgan fingerprint density at radius 1 is 1.19 bits per heavy atom. The molecule has 3 aromatic rings. The molecule has 0 fully saturated rings. The van der Waals surface area contributed by atoms with Gasteiger partial charge in [-0.05, 0) is 50.6 Å². The van der Waals surface area contributed by atoms with Crippen LogP contribution in [0.2, 0.25) is 5.15 Å². The molecule has 0 bridgehead atoms. The summed E-state index contributed by atoms with van der Waals surface area (Å²) in [6.45, 7) is 5.72. The van der Waals surface area contributed by atoms with Gasteiger partial charge in [-0.25, -0.2) is 0 Å². The fourth-order valence-electron chi connectivity index (χ4n) is 3.10. The van der Waals surface area contributed by atoms with E-state index in [0.717, 1.165) is 22.4 Å². The molecule has 27 heavy (non-hydrogen) atoms. The van der Waals surface area contributed by atoms with Crippen LogP contribution in [0, 0.1) is 30.9 Å². The van der Waals surface area contributed by atoms with Crippen LogP contribution in [0.3, 0.4) is 0 Å². The summed E-state index contributed by atoms with van der Waals surface area (Å²) in [5.74, 6) is 0.675. The number of rotatable bonds is 5. The summed E-state index contributed by atoms with van der Waals surface area (Å²) in [5.41, 5.74) is 4.89. The molecule has 0 radical (unpaired) electrons. The zero-order valence-corrected chi connectivity index (χ0v) is 16.4. The number of hydrogen-bond donors (Lipinski definition) is 0. The number of benzene rings is 2. The van der Waals surface area contributed by atoms with Gasteiger partial charge >= 0.3 is 0 Å². The molecule has 3 rings (SSSR count). The smallest absolute Gasteiger partial charge is 0.278 e. The maximum absolute atomic E-state index is 11.3. The van der Waals surface area contributed by atoms with E-state index < -0.39 is 0 Å². The average Bonchev–Trinajstić information content (AvgIpc) is 2.87. The van der Waals surface area contributed by atoms with Crippen molar-refractivity contribution in [1.82, 2.24) is 9.78 Å². The SMILES string of the molecule is Cc1cc(-c2nn(C)c(Cl)c2C)ccc1OCc1cccc(C)c1[N+](=O)[O-]. The third-order valence-electron chi connectivity index (χ3n) is 4.53. The first kappa shape index (κ1) is 18.9. The number of nitro groups is 1. The van der Waals surface area contributed by atoms with Gasteiger partial charge in [0.15, 0.2) is 0 Å². The molecular weight excluding hydrogens is 366 g/mol. The molecule has 0 spiro atoms. The molecule has 0 N–H and O–H groups in total. The summed E-state index contributed by atoms with van der Waals surface area (Å²) < 4.78 is 7.50. The van der Waals surface area contributed by atoms with Crippen LogP contribution in [0.5, 0.6) is 5.75 Å². The largest absolute Gasteiger partial charge is 0.488 e. The van der Waals surface area contributed by atoms with Crippen LogP contribution in [0.4, 0.5) is 5.69 Å². The van der Waals surface area contributed by atoms with Crippen molar-refractivity contribution in [3.8, 4) is 17.0 Å². The molecule has 1 heterocycles. The Morgan fingerprint density at radius 2 is 1.93 bits per heavy atom. The van der Waals surface area contributed by atoms with Crippen LogP contribution < -0.4 is 4.74 Å². The van der Waals surface area contributed by atoms with Gasteiger partial charge in [-0.3, -0.25) is 14.8 Å². The molecule has 0 aliphatic heterocycles. The minimum atomic E-state index is -0.364. The number of hydrogen-bond acceptors (Lipinski definition) is 4. The van der Waals surface area contributed by atoms with Gasteiger partial charge in [0, 0.05) is 23.7 Å². The fourth-order valence-corrected chi connectivity index (χ4v) is 3.22. The van der Waals surface area contributed by atoms with E-state index in [0.29, 0.717) is 22.0 Å². The highest BCUT2D eigenvalue weighted by Gasteiger charge is 2.18. The second kappa shape index (κ2) is 7.40. The summed E-state index contributed by atoms with van der Waals surface area (Å²) in [6.07, 6.45) is 0. The van der Waals surface area contributed by atoms with Crippen LogP contribution in [0.15, 0.2) is 36.4 Å². The molecule has 0 amide bonds. The molecule has 0 atom stereocenters. The lowest BCUT2D eigenvalue weighted by atomic mass is 10.1. The van der Waals surface area contributed by atoms with Crippen molar-refractivity contribution in [2.24, 2.45) is 7.05 Å². The van der Waals surface area contributed by atoms with Gasteiger partial charge in [-0.15, -0.1) is 0 Å². The van der Waals surface area contributed by atoms with Crippen molar-refractivity contribution in [2.75, 3.05) is 0 Å². The number of ether oxygens (including phenoxy) is 1. The van der Waals surface area contributed by atoms with E-state index >= 15 is 0 Å². The minimum absolute atomic E-state index is 0.102. The summed E-state index contributed by atoms with van der Waals surface area (Å²) in [4.78, 5) is 11.0. The first-order valence-electron chi connectivity index (χ1n) is 8.45. The topological polar surface area (TPSA) is 70.2 Å². The molecule has 0 saturated heterocycles. The molecule has 1 aromatic heterocycles. The Bertz CT molecular complexity index is 1030. The molecule has 0 saturated carbocycles. The Balaban J connectivity index is 1.85. The van der Waals surface area contributed by atoms with Crippen molar-refractivity contribution < 1.29 is 9.66 Å². The molecule has 0 unspecified atom stereocenters.